The monoisotopic (exact) mass is 407 g/mol. The van der Waals surface area contributed by atoms with Crippen LogP contribution >= 0.6 is 11.8 Å². The van der Waals surface area contributed by atoms with Crippen LogP contribution in [0.1, 0.15) is 24.2 Å². The number of hydrogen-bond acceptors (Lipinski definition) is 6. The molecule has 0 aliphatic rings. The minimum absolute atomic E-state index is 0.154. The number of nitrogens with zero attached hydrogens (tertiary/aromatic N) is 2. The number of ether oxygens (including phenoxy) is 1. The summed E-state index contributed by atoms with van der Waals surface area (Å²) in [6.45, 7) is 3.89. The zero-order chi connectivity index (χ0) is 20.6. The van der Waals surface area contributed by atoms with E-state index in [9.17, 15) is 9.59 Å². The summed E-state index contributed by atoms with van der Waals surface area (Å²) in [7, 11) is 0. The zero-order valence-corrected chi connectivity index (χ0v) is 17.0. The van der Waals surface area contributed by atoms with Gasteiger partial charge in [-0.3, -0.25) is 4.79 Å². The molecule has 0 fully saturated rings. The van der Waals surface area contributed by atoms with Crippen LogP contribution in [0.4, 0.5) is 5.69 Å². The molecular formula is C22H21N3O3S. The minimum atomic E-state index is -0.382. The van der Waals surface area contributed by atoms with Crippen molar-refractivity contribution in [1.82, 2.24) is 9.97 Å². The SMILES string of the molecule is CCOC(=O)c1ccc(NC(=O)C(C)Sc2cc(-c3ccccc3)ncn2)cc1. The van der Waals surface area contributed by atoms with Crippen molar-refractivity contribution in [2.24, 2.45) is 0 Å². The number of carbonyl (C=O) groups is 2. The van der Waals surface area contributed by atoms with Gasteiger partial charge in [-0.25, -0.2) is 14.8 Å². The number of amides is 1. The lowest BCUT2D eigenvalue weighted by atomic mass is 10.1. The van der Waals surface area contributed by atoms with Crippen LogP contribution in [0.25, 0.3) is 11.3 Å². The Bertz CT molecular complexity index is 978. The number of anilines is 1. The molecule has 2 aromatic carbocycles. The average Bonchev–Trinajstić information content (AvgIpc) is 2.75. The molecule has 1 heterocycles. The van der Waals surface area contributed by atoms with Gasteiger partial charge >= 0.3 is 5.97 Å². The smallest absolute Gasteiger partial charge is 0.338 e. The zero-order valence-electron chi connectivity index (χ0n) is 16.2. The molecule has 1 aromatic heterocycles. The fourth-order valence-electron chi connectivity index (χ4n) is 2.55. The topological polar surface area (TPSA) is 81.2 Å². The highest BCUT2D eigenvalue weighted by Gasteiger charge is 2.16. The Hall–Kier alpha value is -3.19. The van der Waals surface area contributed by atoms with Crippen molar-refractivity contribution in [3.05, 3.63) is 72.6 Å². The van der Waals surface area contributed by atoms with Gasteiger partial charge in [0.1, 0.15) is 11.4 Å². The molecule has 7 heteroatoms. The molecule has 3 rings (SSSR count). The molecule has 6 nitrogen and oxygen atoms in total. The molecule has 0 spiro atoms. The van der Waals surface area contributed by atoms with Crippen molar-refractivity contribution in [1.29, 1.82) is 0 Å². The first-order valence-electron chi connectivity index (χ1n) is 9.19. The fourth-order valence-corrected chi connectivity index (χ4v) is 3.37. The molecule has 3 aromatic rings. The van der Waals surface area contributed by atoms with Gasteiger partial charge in [0.2, 0.25) is 5.91 Å². The summed E-state index contributed by atoms with van der Waals surface area (Å²) in [5.74, 6) is -0.536. The summed E-state index contributed by atoms with van der Waals surface area (Å²) in [6, 6.07) is 18.3. The largest absolute Gasteiger partial charge is 0.462 e. The van der Waals surface area contributed by atoms with E-state index >= 15 is 0 Å². The Balaban J connectivity index is 1.62. The Kier molecular flexibility index (Phi) is 6.97. The van der Waals surface area contributed by atoms with Crippen molar-refractivity contribution in [3.8, 4) is 11.3 Å². The van der Waals surface area contributed by atoms with E-state index in [1.807, 2.05) is 43.3 Å². The van der Waals surface area contributed by atoms with Gasteiger partial charge in [0.15, 0.2) is 0 Å². The van der Waals surface area contributed by atoms with Crippen LogP contribution in [0.5, 0.6) is 0 Å². The summed E-state index contributed by atoms with van der Waals surface area (Å²) in [5, 5.41) is 3.21. The molecule has 0 saturated heterocycles. The molecule has 0 bridgehead atoms. The van der Waals surface area contributed by atoms with Crippen LogP contribution in [0, 0.1) is 0 Å². The molecule has 148 valence electrons. The molecule has 29 heavy (non-hydrogen) atoms. The number of rotatable bonds is 7. The van der Waals surface area contributed by atoms with Gasteiger partial charge in [-0.05, 0) is 44.2 Å². The van der Waals surface area contributed by atoms with Crippen molar-refractivity contribution in [3.63, 3.8) is 0 Å². The van der Waals surface area contributed by atoms with Gasteiger partial charge in [-0.2, -0.15) is 0 Å². The number of nitrogens with one attached hydrogen (secondary N) is 1. The predicted molar refractivity (Wildman–Crippen MR) is 114 cm³/mol. The molecule has 1 atom stereocenters. The van der Waals surface area contributed by atoms with Crippen molar-refractivity contribution in [2.45, 2.75) is 24.1 Å². The molecule has 0 aliphatic carbocycles. The molecular weight excluding hydrogens is 386 g/mol. The van der Waals surface area contributed by atoms with E-state index in [4.69, 9.17) is 4.74 Å². The summed E-state index contributed by atoms with van der Waals surface area (Å²) in [4.78, 5) is 32.8. The summed E-state index contributed by atoms with van der Waals surface area (Å²) in [6.07, 6.45) is 1.50. The van der Waals surface area contributed by atoms with Gasteiger partial charge < -0.3 is 10.1 Å². The molecule has 0 saturated carbocycles. The highest BCUT2D eigenvalue weighted by Crippen LogP contribution is 2.25. The standard InChI is InChI=1S/C22H21N3O3S/c1-3-28-22(27)17-9-11-18(12-10-17)25-21(26)15(2)29-20-13-19(23-14-24-20)16-7-5-4-6-8-16/h4-15H,3H2,1-2H3,(H,25,26). The number of thioether (sulfide) groups is 1. The van der Waals surface area contributed by atoms with Gasteiger partial charge in [0.05, 0.1) is 23.1 Å². The quantitative estimate of drug-likeness (QED) is 0.354. The summed E-state index contributed by atoms with van der Waals surface area (Å²) < 4.78 is 4.95. The lowest BCUT2D eigenvalue weighted by Gasteiger charge is -2.12. The molecule has 1 N–H and O–H groups in total. The molecule has 1 amide bonds. The second kappa shape index (κ2) is 9.84. The Labute approximate surface area is 173 Å². The van der Waals surface area contributed by atoms with E-state index in [0.29, 0.717) is 17.9 Å². The molecule has 0 radical (unpaired) electrons. The van der Waals surface area contributed by atoms with Crippen LogP contribution in [-0.4, -0.2) is 33.7 Å². The van der Waals surface area contributed by atoms with Crippen LogP contribution in [-0.2, 0) is 9.53 Å². The molecule has 0 aliphatic heterocycles. The first-order chi connectivity index (χ1) is 14.1. The first kappa shape index (κ1) is 20.5. The van der Waals surface area contributed by atoms with E-state index in [2.05, 4.69) is 15.3 Å². The average molecular weight is 407 g/mol. The van der Waals surface area contributed by atoms with E-state index in [1.54, 1.807) is 31.2 Å². The van der Waals surface area contributed by atoms with E-state index in [0.717, 1.165) is 16.3 Å². The van der Waals surface area contributed by atoms with Crippen LogP contribution < -0.4 is 5.32 Å². The first-order valence-corrected chi connectivity index (χ1v) is 10.1. The van der Waals surface area contributed by atoms with Crippen LogP contribution in [0.15, 0.2) is 72.0 Å². The number of benzene rings is 2. The highest BCUT2D eigenvalue weighted by atomic mass is 32.2. The van der Waals surface area contributed by atoms with Crippen LogP contribution in [0.2, 0.25) is 0 Å². The third-order valence-corrected chi connectivity index (χ3v) is 5.07. The second-order valence-electron chi connectivity index (χ2n) is 6.15. The van der Waals surface area contributed by atoms with Gasteiger partial charge in [-0.15, -0.1) is 0 Å². The van der Waals surface area contributed by atoms with Crippen molar-refractivity contribution >= 4 is 29.3 Å². The normalized spacial score (nSPS) is 11.5. The lowest BCUT2D eigenvalue weighted by Crippen LogP contribution is -2.22. The Morgan fingerprint density at radius 1 is 1.07 bits per heavy atom. The number of hydrogen-bond donors (Lipinski definition) is 1. The highest BCUT2D eigenvalue weighted by molar-refractivity contribution is 8.00. The predicted octanol–water partition coefficient (Wildman–Crippen LogP) is 4.44. The Morgan fingerprint density at radius 2 is 1.79 bits per heavy atom. The maximum atomic E-state index is 12.5. The summed E-state index contributed by atoms with van der Waals surface area (Å²) in [5.41, 5.74) is 2.87. The number of carbonyl (C=O) groups excluding carboxylic acids is 2. The van der Waals surface area contributed by atoms with E-state index in [1.165, 1.54) is 18.1 Å². The molecule has 1 unspecified atom stereocenters. The fraction of sp³-hybridized carbons (Fsp3) is 0.182. The second-order valence-corrected chi connectivity index (χ2v) is 7.52. The van der Waals surface area contributed by atoms with Crippen molar-refractivity contribution < 1.29 is 14.3 Å². The van der Waals surface area contributed by atoms with E-state index < -0.39 is 0 Å². The third kappa shape index (κ3) is 5.65. The maximum Gasteiger partial charge on any atom is 0.338 e. The third-order valence-electron chi connectivity index (χ3n) is 4.04. The Morgan fingerprint density at radius 3 is 2.48 bits per heavy atom. The van der Waals surface area contributed by atoms with Gasteiger partial charge in [-0.1, -0.05) is 42.1 Å². The summed E-state index contributed by atoms with van der Waals surface area (Å²) >= 11 is 1.36. The van der Waals surface area contributed by atoms with Crippen molar-refractivity contribution in [2.75, 3.05) is 11.9 Å². The van der Waals surface area contributed by atoms with Gasteiger partial charge in [0.25, 0.3) is 0 Å². The minimum Gasteiger partial charge on any atom is -0.462 e. The number of esters is 1. The lowest BCUT2D eigenvalue weighted by molar-refractivity contribution is -0.115. The number of aromatic nitrogens is 2. The van der Waals surface area contributed by atoms with E-state index in [-0.39, 0.29) is 17.1 Å². The van der Waals surface area contributed by atoms with Crippen LogP contribution in [0.3, 0.4) is 0 Å². The van der Waals surface area contributed by atoms with Gasteiger partial charge in [0, 0.05) is 11.3 Å². The maximum absolute atomic E-state index is 12.5.